The third kappa shape index (κ3) is 4.57. The molecule has 176 valence electrons. The van der Waals surface area contributed by atoms with E-state index in [4.69, 9.17) is 11.6 Å². The molecule has 3 aromatic rings. The molecule has 34 heavy (non-hydrogen) atoms. The lowest BCUT2D eigenvalue weighted by Crippen LogP contribution is -2.28. The Morgan fingerprint density at radius 2 is 1.74 bits per heavy atom. The van der Waals surface area contributed by atoms with Crippen LogP contribution in [0.5, 0.6) is 0 Å². The summed E-state index contributed by atoms with van der Waals surface area (Å²) in [5.74, 6) is -0.995. The lowest BCUT2D eigenvalue weighted by Gasteiger charge is -2.20. The van der Waals surface area contributed by atoms with Crippen LogP contribution in [0.15, 0.2) is 53.4 Å². The van der Waals surface area contributed by atoms with Crippen molar-refractivity contribution < 1.29 is 14.0 Å². The minimum atomic E-state index is -0.545. The quantitative estimate of drug-likeness (QED) is 0.353. The molecule has 0 spiro atoms. The van der Waals surface area contributed by atoms with Gasteiger partial charge in [0.05, 0.1) is 11.4 Å². The molecule has 1 saturated heterocycles. The molecule has 0 unspecified atom stereocenters. The Balaban J connectivity index is 1.63. The highest BCUT2D eigenvalue weighted by Crippen LogP contribution is 2.36. The summed E-state index contributed by atoms with van der Waals surface area (Å²) in [5, 5.41) is -0.258. The first kappa shape index (κ1) is 24.3. The highest BCUT2D eigenvalue weighted by molar-refractivity contribution is 8.18. The number of thioether (sulfide) groups is 1. The number of amides is 2. The molecule has 2 heterocycles. The van der Waals surface area contributed by atoms with Crippen LogP contribution in [0.1, 0.15) is 48.8 Å². The molecule has 0 atom stereocenters. The molecule has 4 rings (SSSR count). The standard InChI is InChI=1S/C27H26ClFN2O2S/c1-16-13-18(17(2)31(16)20-11-9-19(10-12-20)27(3,4)5)14-24-25(32)30(26(33)34-24)15-21-22(28)7-6-8-23(21)29/h6-14H,15H2,1-5H3/b24-14-. The molecule has 1 fully saturated rings. The lowest BCUT2D eigenvalue weighted by atomic mass is 9.87. The molecule has 0 bridgehead atoms. The zero-order valence-electron chi connectivity index (χ0n) is 19.8. The van der Waals surface area contributed by atoms with Crippen molar-refractivity contribution in [3.05, 3.63) is 92.4 Å². The van der Waals surface area contributed by atoms with E-state index in [9.17, 15) is 14.0 Å². The van der Waals surface area contributed by atoms with E-state index in [0.717, 1.165) is 39.3 Å². The number of imide groups is 1. The predicted octanol–water partition coefficient (Wildman–Crippen LogP) is 7.42. The van der Waals surface area contributed by atoms with Gasteiger partial charge in [0.25, 0.3) is 11.1 Å². The van der Waals surface area contributed by atoms with Gasteiger partial charge in [0.15, 0.2) is 0 Å². The summed E-state index contributed by atoms with van der Waals surface area (Å²) < 4.78 is 16.3. The van der Waals surface area contributed by atoms with Crippen LogP contribution >= 0.6 is 23.4 Å². The molecule has 0 radical (unpaired) electrons. The molecule has 7 heteroatoms. The zero-order chi connectivity index (χ0) is 24.8. The van der Waals surface area contributed by atoms with Crippen molar-refractivity contribution in [3.63, 3.8) is 0 Å². The van der Waals surface area contributed by atoms with Crippen LogP contribution in [0.4, 0.5) is 9.18 Å². The van der Waals surface area contributed by atoms with Gasteiger partial charge in [0.2, 0.25) is 0 Å². The molecule has 0 saturated carbocycles. The molecule has 1 aliphatic rings. The highest BCUT2D eigenvalue weighted by Gasteiger charge is 2.36. The maximum absolute atomic E-state index is 14.2. The fraction of sp³-hybridized carbons (Fsp3) is 0.259. The number of halogens is 2. The predicted molar refractivity (Wildman–Crippen MR) is 137 cm³/mol. The monoisotopic (exact) mass is 496 g/mol. The van der Waals surface area contributed by atoms with Crippen LogP contribution in [0.3, 0.4) is 0 Å². The summed E-state index contributed by atoms with van der Waals surface area (Å²) >= 11 is 6.95. The molecular weight excluding hydrogens is 471 g/mol. The van der Waals surface area contributed by atoms with Crippen molar-refractivity contribution in [1.29, 1.82) is 0 Å². The number of nitrogens with zero attached hydrogens (tertiary/aromatic N) is 2. The number of carbonyl (C=O) groups is 2. The van der Waals surface area contributed by atoms with Gasteiger partial charge < -0.3 is 4.57 Å². The molecule has 4 nitrogen and oxygen atoms in total. The molecule has 1 aliphatic heterocycles. The Labute approximate surface area is 208 Å². The van der Waals surface area contributed by atoms with Crippen molar-refractivity contribution in [2.24, 2.45) is 0 Å². The van der Waals surface area contributed by atoms with Gasteiger partial charge >= 0.3 is 0 Å². The summed E-state index contributed by atoms with van der Waals surface area (Å²) in [5.41, 5.74) is 5.32. The Morgan fingerprint density at radius 3 is 2.35 bits per heavy atom. The maximum atomic E-state index is 14.2. The van der Waals surface area contributed by atoms with Crippen molar-refractivity contribution in [2.75, 3.05) is 0 Å². The number of aromatic nitrogens is 1. The van der Waals surface area contributed by atoms with Gasteiger partial charge in [0.1, 0.15) is 5.82 Å². The third-order valence-electron chi connectivity index (χ3n) is 6.00. The fourth-order valence-corrected chi connectivity index (χ4v) is 5.11. The van der Waals surface area contributed by atoms with Gasteiger partial charge in [-0.05, 0) is 78.6 Å². The maximum Gasteiger partial charge on any atom is 0.293 e. The van der Waals surface area contributed by atoms with Gasteiger partial charge in [0, 0.05) is 27.7 Å². The van der Waals surface area contributed by atoms with Crippen LogP contribution in [0, 0.1) is 19.7 Å². The van der Waals surface area contributed by atoms with Crippen LogP contribution in [-0.4, -0.2) is 20.6 Å². The number of benzene rings is 2. The Hall–Kier alpha value is -2.83. The fourth-order valence-electron chi connectivity index (χ4n) is 4.06. The summed E-state index contributed by atoms with van der Waals surface area (Å²) in [6.07, 6.45) is 1.73. The summed E-state index contributed by atoms with van der Waals surface area (Å²) in [4.78, 5) is 26.9. The second-order valence-electron chi connectivity index (χ2n) is 9.43. The van der Waals surface area contributed by atoms with E-state index in [-0.39, 0.29) is 22.5 Å². The molecular formula is C27H26ClFN2O2S. The topological polar surface area (TPSA) is 42.3 Å². The summed E-state index contributed by atoms with van der Waals surface area (Å²) in [6.45, 7) is 10.3. The van der Waals surface area contributed by atoms with E-state index in [1.54, 1.807) is 6.08 Å². The van der Waals surface area contributed by atoms with Crippen molar-refractivity contribution in [3.8, 4) is 5.69 Å². The molecule has 0 aliphatic carbocycles. The number of aryl methyl sites for hydroxylation is 1. The zero-order valence-corrected chi connectivity index (χ0v) is 21.4. The number of hydrogen-bond acceptors (Lipinski definition) is 3. The van der Waals surface area contributed by atoms with E-state index >= 15 is 0 Å². The summed E-state index contributed by atoms with van der Waals surface area (Å²) in [7, 11) is 0. The average molecular weight is 497 g/mol. The normalized spacial score (nSPS) is 15.6. The minimum Gasteiger partial charge on any atom is -0.318 e. The molecule has 2 amide bonds. The van der Waals surface area contributed by atoms with E-state index in [0.29, 0.717) is 4.91 Å². The van der Waals surface area contributed by atoms with Crippen LogP contribution in [0.25, 0.3) is 11.8 Å². The number of rotatable bonds is 4. The largest absolute Gasteiger partial charge is 0.318 e. The first-order valence-corrected chi connectivity index (χ1v) is 12.1. The Bertz CT molecular complexity index is 1300. The van der Waals surface area contributed by atoms with Gasteiger partial charge in [-0.15, -0.1) is 0 Å². The third-order valence-corrected chi connectivity index (χ3v) is 7.26. The smallest absolute Gasteiger partial charge is 0.293 e. The Kier molecular flexibility index (Phi) is 6.49. The lowest BCUT2D eigenvalue weighted by molar-refractivity contribution is -0.123. The van der Waals surface area contributed by atoms with Gasteiger partial charge in [-0.1, -0.05) is 50.6 Å². The second kappa shape index (κ2) is 9.08. The number of hydrogen-bond donors (Lipinski definition) is 0. The van der Waals surface area contributed by atoms with Crippen molar-refractivity contribution >= 4 is 40.6 Å². The van der Waals surface area contributed by atoms with Gasteiger partial charge in [-0.3, -0.25) is 14.5 Å². The van der Waals surface area contributed by atoms with Gasteiger partial charge in [-0.25, -0.2) is 4.39 Å². The molecule has 2 aromatic carbocycles. The SMILES string of the molecule is Cc1cc(/C=C2\SC(=O)N(Cc3c(F)cccc3Cl)C2=O)c(C)n1-c1ccc(C(C)(C)C)cc1. The number of carbonyl (C=O) groups excluding carboxylic acids is 2. The molecule has 0 N–H and O–H groups in total. The van der Waals surface area contributed by atoms with Crippen LogP contribution < -0.4 is 0 Å². The Morgan fingerprint density at radius 1 is 1.06 bits per heavy atom. The van der Waals surface area contributed by atoms with E-state index in [2.05, 4.69) is 49.6 Å². The second-order valence-corrected chi connectivity index (χ2v) is 10.8. The van der Waals surface area contributed by atoms with Crippen LogP contribution in [-0.2, 0) is 16.8 Å². The minimum absolute atomic E-state index is 0.0697. The first-order chi connectivity index (χ1) is 16.0. The van der Waals surface area contributed by atoms with E-state index < -0.39 is 17.0 Å². The highest BCUT2D eigenvalue weighted by atomic mass is 35.5. The van der Waals surface area contributed by atoms with Gasteiger partial charge in [-0.2, -0.15) is 0 Å². The molecule has 1 aromatic heterocycles. The van der Waals surface area contributed by atoms with Crippen molar-refractivity contribution in [2.45, 2.75) is 46.6 Å². The summed E-state index contributed by atoms with van der Waals surface area (Å²) in [6, 6.07) is 14.7. The van der Waals surface area contributed by atoms with Crippen molar-refractivity contribution in [1.82, 2.24) is 9.47 Å². The van der Waals surface area contributed by atoms with E-state index in [1.807, 2.05) is 19.9 Å². The van der Waals surface area contributed by atoms with Crippen LogP contribution in [0.2, 0.25) is 5.02 Å². The van der Waals surface area contributed by atoms with E-state index in [1.165, 1.54) is 23.8 Å². The average Bonchev–Trinajstić information content (AvgIpc) is 3.19. The first-order valence-electron chi connectivity index (χ1n) is 11.0.